The predicted octanol–water partition coefficient (Wildman–Crippen LogP) is 0.566. The zero-order chi connectivity index (χ0) is 11.3. The van der Waals surface area contributed by atoms with Gasteiger partial charge in [0.25, 0.3) is 0 Å². The van der Waals surface area contributed by atoms with E-state index in [4.69, 9.17) is 15.2 Å². The third-order valence-electron chi connectivity index (χ3n) is 2.15. The summed E-state index contributed by atoms with van der Waals surface area (Å²) in [6.45, 7) is 0.250. The summed E-state index contributed by atoms with van der Waals surface area (Å²) in [6, 6.07) is 5.52. The van der Waals surface area contributed by atoms with Crippen molar-refractivity contribution in [2.45, 2.75) is 12.5 Å². The van der Waals surface area contributed by atoms with E-state index >= 15 is 0 Å². The van der Waals surface area contributed by atoms with Crippen molar-refractivity contribution in [2.75, 3.05) is 20.8 Å². The molecule has 0 aliphatic heterocycles. The molecule has 0 aliphatic carbocycles. The van der Waals surface area contributed by atoms with Crippen LogP contribution in [0.4, 0.5) is 0 Å². The first kappa shape index (κ1) is 11.8. The second kappa shape index (κ2) is 5.58. The molecule has 4 nitrogen and oxygen atoms in total. The van der Waals surface area contributed by atoms with Crippen molar-refractivity contribution in [1.29, 1.82) is 0 Å². The molecule has 0 fully saturated rings. The average molecular weight is 211 g/mol. The van der Waals surface area contributed by atoms with Crippen LogP contribution in [0.5, 0.6) is 11.5 Å². The van der Waals surface area contributed by atoms with Gasteiger partial charge in [0, 0.05) is 12.6 Å². The standard InChI is InChI=1S/C11H17NO3/c1-14-10-4-8(3-9(13)7-12)5-11(6-10)15-2/h4-6,9,13H,3,7,12H2,1-2H3. The van der Waals surface area contributed by atoms with Crippen molar-refractivity contribution in [3.63, 3.8) is 0 Å². The number of hydrogen-bond donors (Lipinski definition) is 2. The Kier molecular flexibility index (Phi) is 4.39. The van der Waals surface area contributed by atoms with E-state index in [9.17, 15) is 5.11 Å². The fourth-order valence-electron chi connectivity index (χ4n) is 1.34. The normalized spacial score (nSPS) is 12.3. The summed E-state index contributed by atoms with van der Waals surface area (Å²) < 4.78 is 10.2. The molecule has 1 rings (SSSR count). The van der Waals surface area contributed by atoms with Gasteiger partial charge in [-0.1, -0.05) is 0 Å². The molecule has 1 atom stereocenters. The summed E-state index contributed by atoms with van der Waals surface area (Å²) in [6.07, 6.45) is -0.0221. The Labute approximate surface area is 89.6 Å². The van der Waals surface area contributed by atoms with Crippen molar-refractivity contribution in [1.82, 2.24) is 0 Å². The smallest absolute Gasteiger partial charge is 0.122 e. The first-order valence-electron chi connectivity index (χ1n) is 4.79. The van der Waals surface area contributed by atoms with Gasteiger partial charge in [-0.15, -0.1) is 0 Å². The molecule has 0 saturated carbocycles. The first-order valence-corrected chi connectivity index (χ1v) is 4.79. The van der Waals surface area contributed by atoms with Crippen LogP contribution in [0.2, 0.25) is 0 Å². The van der Waals surface area contributed by atoms with Crippen LogP contribution in [0.3, 0.4) is 0 Å². The molecular weight excluding hydrogens is 194 g/mol. The molecule has 0 heterocycles. The van der Waals surface area contributed by atoms with E-state index in [2.05, 4.69) is 0 Å². The van der Waals surface area contributed by atoms with Crippen LogP contribution in [0, 0.1) is 0 Å². The summed E-state index contributed by atoms with van der Waals surface area (Å²) in [7, 11) is 3.19. The van der Waals surface area contributed by atoms with Crippen LogP contribution in [0.25, 0.3) is 0 Å². The van der Waals surface area contributed by atoms with Gasteiger partial charge in [-0.25, -0.2) is 0 Å². The molecule has 15 heavy (non-hydrogen) atoms. The number of ether oxygens (including phenoxy) is 2. The molecule has 0 saturated heterocycles. The lowest BCUT2D eigenvalue weighted by molar-refractivity contribution is 0.183. The third-order valence-corrected chi connectivity index (χ3v) is 2.15. The largest absolute Gasteiger partial charge is 0.497 e. The lowest BCUT2D eigenvalue weighted by Gasteiger charge is -2.11. The highest BCUT2D eigenvalue weighted by molar-refractivity contribution is 5.38. The maximum Gasteiger partial charge on any atom is 0.122 e. The van der Waals surface area contributed by atoms with Gasteiger partial charge >= 0.3 is 0 Å². The molecule has 4 heteroatoms. The Morgan fingerprint density at radius 2 is 1.73 bits per heavy atom. The number of methoxy groups -OCH3 is 2. The lowest BCUT2D eigenvalue weighted by Crippen LogP contribution is -2.21. The second-order valence-electron chi connectivity index (χ2n) is 3.31. The number of benzene rings is 1. The number of aliphatic hydroxyl groups excluding tert-OH is 1. The molecule has 0 aromatic heterocycles. The highest BCUT2D eigenvalue weighted by Gasteiger charge is 2.06. The topological polar surface area (TPSA) is 64.7 Å². The molecular formula is C11H17NO3. The van der Waals surface area contributed by atoms with Crippen LogP contribution in [-0.4, -0.2) is 32.0 Å². The molecule has 0 amide bonds. The van der Waals surface area contributed by atoms with Crippen molar-refractivity contribution in [3.05, 3.63) is 23.8 Å². The second-order valence-corrected chi connectivity index (χ2v) is 3.31. The van der Waals surface area contributed by atoms with Crippen molar-refractivity contribution >= 4 is 0 Å². The minimum absolute atomic E-state index is 0.250. The van der Waals surface area contributed by atoms with Crippen LogP contribution >= 0.6 is 0 Å². The molecule has 3 N–H and O–H groups in total. The Bertz CT molecular complexity index is 292. The van der Waals surface area contributed by atoms with E-state index in [0.717, 1.165) is 5.56 Å². The molecule has 0 aliphatic rings. The van der Waals surface area contributed by atoms with Crippen LogP contribution in [0.1, 0.15) is 5.56 Å². The molecule has 0 radical (unpaired) electrons. The van der Waals surface area contributed by atoms with Gasteiger partial charge in [-0.05, 0) is 24.1 Å². The molecule has 1 aromatic carbocycles. The Balaban J connectivity index is 2.86. The van der Waals surface area contributed by atoms with Gasteiger partial charge < -0.3 is 20.3 Å². The zero-order valence-electron chi connectivity index (χ0n) is 9.06. The van der Waals surface area contributed by atoms with E-state index in [1.165, 1.54) is 0 Å². The maximum absolute atomic E-state index is 9.43. The van der Waals surface area contributed by atoms with Gasteiger partial charge in [0.1, 0.15) is 11.5 Å². The van der Waals surface area contributed by atoms with Gasteiger partial charge in [0.05, 0.1) is 20.3 Å². The van der Waals surface area contributed by atoms with Crippen molar-refractivity contribution in [3.8, 4) is 11.5 Å². The number of nitrogens with two attached hydrogens (primary N) is 1. The average Bonchev–Trinajstić information content (AvgIpc) is 2.28. The van der Waals surface area contributed by atoms with Crippen LogP contribution in [0.15, 0.2) is 18.2 Å². The molecule has 0 spiro atoms. The fourth-order valence-corrected chi connectivity index (χ4v) is 1.34. The van der Waals surface area contributed by atoms with E-state index in [0.29, 0.717) is 17.9 Å². The van der Waals surface area contributed by atoms with Gasteiger partial charge in [-0.3, -0.25) is 0 Å². The van der Waals surface area contributed by atoms with E-state index < -0.39 is 6.10 Å². The lowest BCUT2D eigenvalue weighted by atomic mass is 10.1. The minimum atomic E-state index is -0.526. The summed E-state index contributed by atoms with van der Waals surface area (Å²) >= 11 is 0. The van der Waals surface area contributed by atoms with E-state index in [1.807, 2.05) is 12.1 Å². The minimum Gasteiger partial charge on any atom is -0.497 e. The highest BCUT2D eigenvalue weighted by Crippen LogP contribution is 2.23. The zero-order valence-corrected chi connectivity index (χ0v) is 9.06. The maximum atomic E-state index is 9.43. The Morgan fingerprint density at radius 1 is 1.20 bits per heavy atom. The number of rotatable bonds is 5. The summed E-state index contributed by atoms with van der Waals surface area (Å²) in [5.74, 6) is 1.43. The van der Waals surface area contributed by atoms with Crippen molar-refractivity contribution < 1.29 is 14.6 Å². The van der Waals surface area contributed by atoms with Crippen LogP contribution in [-0.2, 0) is 6.42 Å². The van der Waals surface area contributed by atoms with Gasteiger partial charge in [-0.2, -0.15) is 0 Å². The van der Waals surface area contributed by atoms with Crippen molar-refractivity contribution in [2.24, 2.45) is 5.73 Å². The third kappa shape index (κ3) is 3.42. The molecule has 1 unspecified atom stereocenters. The van der Waals surface area contributed by atoms with Gasteiger partial charge in [0.2, 0.25) is 0 Å². The Hall–Kier alpha value is -1.26. The fraction of sp³-hybridized carbons (Fsp3) is 0.455. The highest BCUT2D eigenvalue weighted by atomic mass is 16.5. The SMILES string of the molecule is COc1cc(CC(O)CN)cc(OC)c1. The molecule has 84 valence electrons. The number of hydrogen-bond acceptors (Lipinski definition) is 4. The summed E-state index contributed by atoms with van der Waals surface area (Å²) in [4.78, 5) is 0. The quantitative estimate of drug-likeness (QED) is 0.747. The Morgan fingerprint density at radius 3 is 2.13 bits per heavy atom. The summed E-state index contributed by atoms with van der Waals surface area (Å²) in [5.41, 5.74) is 6.30. The monoisotopic (exact) mass is 211 g/mol. The van der Waals surface area contributed by atoms with Gasteiger partial charge in [0.15, 0.2) is 0 Å². The van der Waals surface area contributed by atoms with E-state index in [1.54, 1.807) is 20.3 Å². The van der Waals surface area contributed by atoms with Crippen LogP contribution < -0.4 is 15.2 Å². The van der Waals surface area contributed by atoms with E-state index in [-0.39, 0.29) is 6.54 Å². The predicted molar refractivity (Wildman–Crippen MR) is 58.3 cm³/mol. The number of aliphatic hydroxyl groups is 1. The summed E-state index contributed by atoms with van der Waals surface area (Å²) in [5, 5.41) is 9.43. The molecule has 0 bridgehead atoms. The molecule has 1 aromatic rings. The first-order chi connectivity index (χ1) is 7.19.